The van der Waals surface area contributed by atoms with Crippen LogP contribution in [-0.2, 0) is 15.9 Å². The quantitative estimate of drug-likeness (QED) is 0.847. The van der Waals surface area contributed by atoms with Crippen LogP contribution in [0.2, 0.25) is 0 Å². The maximum atomic E-state index is 13.0. The van der Waals surface area contributed by atoms with E-state index in [4.69, 9.17) is 11.6 Å². The van der Waals surface area contributed by atoms with Gasteiger partial charge in [-0.25, -0.2) is 8.42 Å². The first kappa shape index (κ1) is 15.3. The lowest BCUT2D eigenvalue weighted by Gasteiger charge is -2.25. The number of alkyl halides is 1. The minimum absolute atomic E-state index is 0.0959. The molecule has 2 fully saturated rings. The van der Waals surface area contributed by atoms with Gasteiger partial charge in [-0.15, -0.1) is 11.6 Å². The minimum atomic E-state index is -3.53. The Balaban J connectivity index is 1.93. The summed E-state index contributed by atoms with van der Waals surface area (Å²) in [6.07, 6.45) is 3.13. The lowest BCUT2D eigenvalue weighted by Crippen LogP contribution is -2.40. The largest absolute Gasteiger partial charge is 0.299 e. The number of nitrogens with zero attached hydrogens (tertiary/aromatic N) is 3. The molecule has 0 spiro atoms. The number of aromatic amines is 1. The Hall–Kier alpha value is -0.630. The number of likely N-dealkylation sites (N-methyl/N-ethyl adjacent to an activating group) is 1. The second-order valence-electron chi connectivity index (χ2n) is 5.96. The number of aryl methyl sites for hydroxylation is 1. The van der Waals surface area contributed by atoms with E-state index in [1.807, 2.05) is 0 Å². The predicted octanol–water partition coefficient (Wildman–Crippen LogP) is 1.31. The molecule has 118 valence electrons. The number of fused-ring (bicyclic) bond motifs is 2. The Kier molecular flexibility index (Phi) is 4.02. The third kappa shape index (κ3) is 2.50. The van der Waals surface area contributed by atoms with Crippen molar-refractivity contribution in [1.82, 2.24) is 19.4 Å². The van der Waals surface area contributed by atoms with Crippen molar-refractivity contribution >= 4 is 21.6 Å². The van der Waals surface area contributed by atoms with E-state index in [1.165, 1.54) is 6.42 Å². The number of H-pyrrole nitrogens is 1. The van der Waals surface area contributed by atoms with E-state index in [1.54, 1.807) is 11.2 Å². The maximum Gasteiger partial charge on any atom is 0.246 e. The SMILES string of the molecule is Cc1[nH]nc(CCl)c1S(=O)(=O)N1CCC2CCC(C1)N2C. The van der Waals surface area contributed by atoms with Crippen molar-refractivity contribution in [2.24, 2.45) is 0 Å². The van der Waals surface area contributed by atoms with E-state index in [0.717, 1.165) is 12.8 Å². The topological polar surface area (TPSA) is 69.3 Å². The molecule has 2 bridgehead atoms. The molecule has 2 saturated heterocycles. The number of hydrogen-bond donors (Lipinski definition) is 1. The van der Waals surface area contributed by atoms with Crippen LogP contribution in [0.1, 0.15) is 30.7 Å². The molecule has 0 radical (unpaired) electrons. The zero-order valence-corrected chi connectivity index (χ0v) is 13.9. The number of sulfonamides is 1. The molecule has 0 saturated carbocycles. The molecule has 3 heterocycles. The lowest BCUT2D eigenvalue weighted by molar-refractivity contribution is 0.246. The second-order valence-corrected chi connectivity index (χ2v) is 8.10. The molecule has 0 aliphatic carbocycles. The zero-order chi connectivity index (χ0) is 15.2. The van der Waals surface area contributed by atoms with E-state index < -0.39 is 10.0 Å². The molecule has 1 N–H and O–H groups in total. The second kappa shape index (κ2) is 5.53. The Morgan fingerprint density at radius 3 is 2.76 bits per heavy atom. The Bertz CT molecular complexity index is 630. The van der Waals surface area contributed by atoms with E-state index in [-0.39, 0.29) is 10.8 Å². The van der Waals surface area contributed by atoms with Crippen molar-refractivity contribution in [3.05, 3.63) is 11.4 Å². The minimum Gasteiger partial charge on any atom is -0.299 e. The molecule has 6 nitrogen and oxygen atoms in total. The summed E-state index contributed by atoms with van der Waals surface area (Å²) in [7, 11) is -1.43. The maximum absolute atomic E-state index is 13.0. The van der Waals surface area contributed by atoms with Gasteiger partial charge in [0, 0.05) is 25.2 Å². The number of halogens is 1. The van der Waals surface area contributed by atoms with Crippen molar-refractivity contribution in [3.63, 3.8) is 0 Å². The monoisotopic (exact) mass is 332 g/mol. The molecular formula is C13H21ClN4O2S. The molecule has 0 aromatic carbocycles. The first-order valence-electron chi connectivity index (χ1n) is 7.27. The summed E-state index contributed by atoms with van der Waals surface area (Å²) in [6.45, 7) is 2.86. The van der Waals surface area contributed by atoms with Crippen LogP contribution in [0.25, 0.3) is 0 Å². The third-order valence-electron chi connectivity index (χ3n) is 4.80. The Morgan fingerprint density at radius 1 is 1.33 bits per heavy atom. The highest BCUT2D eigenvalue weighted by Gasteiger charge is 2.40. The normalized spacial score (nSPS) is 28.0. The number of nitrogens with one attached hydrogen (secondary N) is 1. The summed E-state index contributed by atoms with van der Waals surface area (Å²) in [5, 5.41) is 6.75. The van der Waals surface area contributed by atoms with Crippen molar-refractivity contribution < 1.29 is 8.42 Å². The van der Waals surface area contributed by atoms with Gasteiger partial charge in [0.05, 0.1) is 17.3 Å². The fraction of sp³-hybridized carbons (Fsp3) is 0.769. The van der Waals surface area contributed by atoms with E-state index >= 15 is 0 Å². The molecular weight excluding hydrogens is 312 g/mol. The van der Waals surface area contributed by atoms with Crippen LogP contribution in [0, 0.1) is 6.92 Å². The third-order valence-corrected chi connectivity index (χ3v) is 7.12. The fourth-order valence-electron chi connectivity index (χ4n) is 3.53. The van der Waals surface area contributed by atoms with Crippen LogP contribution in [0.5, 0.6) is 0 Å². The summed E-state index contributed by atoms with van der Waals surface area (Å²) in [5.41, 5.74) is 0.977. The van der Waals surface area contributed by atoms with Gasteiger partial charge in [-0.2, -0.15) is 9.40 Å². The predicted molar refractivity (Wildman–Crippen MR) is 80.8 cm³/mol. The summed E-state index contributed by atoms with van der Waals surface area (Å²) < 4.78 is 27.6. The van der Waals surface area contributed by atoms with E-state index in [2.05, 4.69) is 22.1 Å². The molecule has 2 aliphatic rings. The molecule has 0 amide bonds. The molecule has 2 unspecified atom stereocenters. The highest BCUT2D eigenvalue weighted by atomic mass is 35.5. The molecule has 2 atom stereocenters. The Morgan fingerprint density at radius 2 is 2.05 bits per heavy atom. The first-order chi connectivity index (χ1) is 9.95. The van der Waals surface area contributed by atoms with Gasteiger partial charge >= 0.3 is 0 Å². The number of hydrogen-bond acceptors (Lipinski definition) is 4. The van der Waals surface area contributed by atoms with Gasteiger partial charge in [0.25, 0.3) is 0 Å². The van der Waals surface area contributed by atoms with Gasteiger partial charge < -0.3 is 0 Å². The Labute approximate surface area is 130 Å². The van der Waals surface area contributed by atoms with Gasteiger partial charge in [-0.05, 0) is 33.2 Å². The van der Waals surface area contributed by atoms with Crippen LogP contribution in [0.3, 0.4) is 0 Å². The van der Waals surface area contributed by atoms with Gasteiger partial charge in [0.15, 0.2) is 0 Å². The average molecular weight is 333 g/mol. The highest BCUT2D eigenvalue weighted by molar-refractivity contribution is 7.89. The van der Waals surface area contributed by atoms with Crippen molar-refractivity contribution in [2.75, 3.05) is 20.1 Å². The van der Waals surface area contributed by atoms with Crippen LogP contribution >= 0.6 is 11.6 Å². The fourth-order valence-corrected chi connectivity index (χ4v) is 5.62. The number of rotatable bonds is 3. The summed E-state index contributed by atoms with van der Waals surface area (Å²) in [4.78, 5) is 2.60. The summed E-state index contributed by atoms with van der Waals surface area (Å²) in [5.74, 6) is 0.0959. The molecule has 3 rings (SSSR count). The number of aromatic nitrogens is 2. The smallest absolute Gasteiger partial charge is 0.246 e. The molecule has 21 heavy (non-hydrogen) atoms. The summed E-state index contributed by atoms with van der Waals surface area (Å²) >= 11 is 5.84. The van der Waals surface area contributed by atoms with Crippen molar-refractivity contribution in [1.29, 1.82) is 0 Å². The van der Waals surface area contributed by atoms with Crippen LogP contribution in [-0.4, -0.2) is 60.0 Å². The molecule has 2 aliphatic heterocycles. The van der Waals surface area contributed by atoms with Crippen LogP contribution in [0.15, 0.2) is 4.90 Å². The molecule has 1 aromatic rings. The van der Waals surface area contributed by atoms with E-state index in [9.17, 15) is 8.42 Å². The van der Waals surface area contributed by atoms with Gasteiger partial charge in [0.2, 0.25) is 10.0 Å². The zero-order valence-electron chi connectivity index (χ0n) is 12.3. The molecule has 1 aromatic heterocycles. The highest BCUT2D eigenvalue weighted by Crippen LogP contribution is 2.32. The molecule has 8 heteroatoms. The lowest BCUT2D eigenvalue weighted by atomic mass is 10.1. The van der Waals surface area contributed by atoms with Crippen molar-refractivity contribution in [2.45, 2.75) is 49.0 Å². The van der Waals surface area contributed by atoms with Gasteiger partial charge in [0.1, 0.15) is 4.90 Å². The van der Waals surface area contributed by atoms with Crippen LogP contribution in [0.4, 0.5) is 0 Å². The first-order valence-corrected chi connectivity index (χ1v) is 9.24. The van der Waals surface area contributed by atoms with Gasteiger partial charge in [-0.1, -0.05) is 0 Å². The standard InChI is InChI=1S/C13H21ClN4O2S/c1-9-13(12(7-14)16-15-9)21(19,20)18-6-5-10-3-4-11(8-18)17(10)2/h10-11H,3-8H2,1-2H3,(H,15,16). The van der Waals surface area contributed by atoms with Crippen LogP contribution < -0.4 is 0 Å². The van der Waals surface area contributed by atoms with Gasteiger partial charge in [-0.3, -0.25) is 10.00 Å². The van der Waals surface area contributed by atoms with E-state index in [0.29, 0.717) is 36.6 Å². The average Bonchev–Trinajstić information content (AvgIpc) is 2.90. The summed E-state index contributed by atoms with van der Waals surface area (Å²) in [6, 6.07) is 0.826. The van der Waals surface area contributed by atoms with Crippen molar-refractivity contribution in [3.8, 4) is 0 Å².